The highest BCUT2D eigenvalue weighted by Crippen LogP contribution is 2.31. The number of para-hydroxylation sites is 2. The minimum atomic E-state index is 0.604. The third kappa shape index (κ3) is 2.57. The predicted octanol–water partition coefficient (Wildman–Crippen LogP) is 4.67. The Labute approximate surface area is 120 Å². The molecule has 1 N–H and O–H groups in total. The molecule has 0 aliphatic rings. The van der Waals surface area contributed by atoms with Crippen molar-refractivity contribution in [3.63, 3.8) is 0 Å². The van der Waals surface area contributed by atoms with Gasteiger partial charge in [-0.2, -0.15) is 4.98 Å². The van der Waals surface area contributed by atoms with E-state index in [-0.39, 0.29) is 0 Å². The summed E-state index contributed by atoms with van der Waals surface area (Å²) in [5.74, 6) is 0.743. The average molecular weight is 285 g/mol. The first-order valence-electron chi connectivity index (χ1n) is 5.80. The van der Waals surface area contributed by atoms with Gasteiger partial charge in [0.1, 0.15) is 0 Å². The van der Waals surface area contributed by atoms with Crippen molar-refractivity contribution in [2.24, 2.45) is 0 Å². The van der Waals surface area contributed by atoms with E-state index >= 15 is 0 Å². The fourth-order valence-corrected chi connectivity index (χ4v) is 2.52. The molecule has 0 aliphatic heterocycles. The Morgan fingerprint density at radius 2 is 1.42 bits per heavy atom. The summed E-state index contributed by atoms with van der Waals surface area (Å²) in [4.78, 5) is 6.42. The normalized spacial score (nSPS) is 10.3. The largest absolute Gasteiger partial charge is 0.280 e. The molecule has 2 aromatic carbocycles. The summed E-state index contributed by atoms with van der Waals surface area (Å²) in [6.45, 7) is 0. The SMILES string of the molecule is S=c1nc(N(c2ccccc2)c2ccccc2)[nH]s1. The van der Waals surface area contributed by atoms with Crippen molar-refractivity contribution in [2.45, 2.75) is 0 Å². The zero-order valence-corrected chi connectivity index (χ0v) is 11.6. The fourth-order valence-electron chi connectivity index (χ4n) is 1.86. The molecule has 1 heterocycles. The van der Waals surface area contributed by atoms with Crippen molar-refractivity contribution in [3.05, 3.63) is 64.6 Å². The van der Waals surface area contributed by atoms with Gasteiger partial charge in [-0.15, -0.1) is 0 Å². The number of H-pyrrole nitrogens is 1. The molecule has 0 saturated heterocycles. The molecule has 0 spiro atoms. The molecule has 0 bridgehead atoms. The number of rotatable bonds is 3. The predicted molar refractivity (Wildman–Crippen MR) is 82.0 cm³/mol. The van der Waals surface area contributed by atoms with E-state index in [0.717, 1.165) is 17.3 Å². The minimum absolute atomic E-state index is 0.604. The molecule has 0 unspecified atom stereocenters. The summed E-state index contributed by atoms with van der Waals surface area (Å²) >= 11 is 6.46. The number of nitrogens with one attached hydrogen (secondary N) is 1. The third-order valence-electron chi connectivity index (χ3n) is 2.67. The molecule has 0 saturated carbocycles. The van der Waals surface area contributed by atoms with Crippen LogP contribution in [0.4, 0.5) is 17.3 Å². The van der Waals surface area contributed by atoms with Crippen LogP contribution in [0.25, 0.3) is 0 Å². The van der Waals surface area contributed by atoms with E-state index in [1.807, 2.05) is 65.6 Å². The van der Waals surface area contributed by atoms with E-state index in [2.05, 4.69) is 9.36 Å². The van der Waals surface area contributed by atoms with Crippen molar-refractivity contribution in [1.82, 2.24) is 9.36 Å². The summed E-state index contributed by atoms with van der Waals surface area (Å²) in [7, 11) is 0. The van der Waals surface area contributed by atoms with Crippen LogP contribution in [-0.2, 0) is 0 Å². The van der Waals surface area contributed by atoms with Crippen LogP contribution in [0.15, 0.2) is 60.7 Å². The number of anilines is 3. The summed E-state index contributed by atoms with van der Waals surface area (Å²) < 4.78 is 3.76. The Bertz CT molecular complexity index is 665. The molecule has 0 fully saturated rings. The third-order valence-corrected chi connectivity index (χ3v) is 3.56. The summed E-state index contributed by atoms with van der Waals surface area (Å²) in [5, 5.41) is 0. The molecule has 0 radical (unpaired) electrons. The van der Waals surface area contributed by atoms with Crippen molar-refractivity contribution in [1.29, 1.82) is 0 Å². The molecule has 3 rings (SSSR count). The number of hydrogen-bond acceptors (Lipinski definition) is 4. The number of benzene rings is 2. The fraction of sp³-hybridized carbons (Fsp3) is 0. The number of aromatic amines is 1. The van der Waals surface area contributed by atoms with Gasteiger partial charge < -0.3 is 0 Å². The first-order valence-corrected chi connectivity index (χ1v) is 7.03. The van der Waals surface area contributed by atoms with Crippen LogP contribution in [-0.4, -0.2) is 9.36 Å². The van der Waals surface area contributed by atoms with E-state index in [9.17, 15) is 0 Å². The zero-order valence-electron chi connectivity index (χ0n) is 9.98. The molecule has 0 atom stereocenters. The molecule has 0 amide bonds. The molecular weight excluding hydrogens is 274 g/mol. The lowest BCUT2D eigenvalue weighted by atomic mass is 10.2. The Balaban J connectivity index is 2.14. The zero-order chi connectivity index (χ0) is 13.1. The van der Waals surface area contributed by atoms with Crippen molar-refractivity contribution >= 4 is 41.1 Å². The van der Waals surface area contributed by atoms with Gasteiger partial charge in [0.25, 0.3) is 0 Å². The Hall–Kier alpha value is -1.98. The maximum absolute atomic E-state index is 5.10. The van der Waals surface area contributed by atoms with Gasteiger partial charge in [0, 0.05) is 11.4 Å². The smallest absolute Gasteiger partial charge is 0.223 e. The van der Waals surface area contributed by atoms with E-state index in [1.165, 1.54) is 11.5 Å². The topological polar surface area (TPSA) is 31.9 Å². The number of aromatic nitrogens is 2. The van der Waals surface area contributed by atoms with E-state index < -0.39 is 0 Å². The molecule has 94 valence electrons. The van der Waals surface area contributed by atoms with Gasteiger partial charge in [0.05, 0.1) is 0 Å². The maximum atomic E-state index is 5.10. The molecule has 0 aliphatic carbocycles. The standard InChI is InChI=1S/C14H11N3S2/c18-14-15-13(16-19-14)17(11-7-3-1-4-8-11)12-9-5-2-6-10-12/h1-10H,(H,15,16,18). The van der Waals surface area contributed by atoms with Gasteiger partial charge in [-0.1, -0.05) is 36.4 Å². The number of nitrogens with zero attached hydrogens (tertiary/aromatic N) is 2. The van der Waals surface area contributed by atoms with Crippen LogP contribution in [0.3, 0.4) is 0 Å². The van der Waals surface area contributed by atoms with Crippen LogP contribution >= 0.6 is 23.8 Å². The minimum Gasteiger partial charge on any atom is -0.280 e. The van der Waals surface area contributed by atoms with E-state index in [4.69, 9.17) is 12.2 Å². The summed E-state index contributed by atoms with van der Waals surface area (Å²) in [6.07, 6.45) is 0. The van der Waals surface area contributed by atoms with E-state index in [0.29, 0.717) is 3.95 Å². The van der Waals surface area contributed by atoms with Crippen molar-refractivity contribution in [3.8, 4) is 0 Å². The van der Waals surface area contributed by atoms with Gasteiger partial charge in [-0.3, -0.25) is 9.27 Å². The average Bonchev–Trinajstić information content (AvgIpc) is 2.88. The van der Waals surface area contributed by atoms with Gasteiger partial charge in [0.2, 0.25) is 5.95 Å². The van der Waals surface area contributed by atoms with Crippen LogP contribution in [0, 0.1) is 3.95 Å². The maximum Gasteiger partial charge on any atom is 0.223 e. The molecule has 3 aromatic rings. The summed E-state index contributed by atoms with van der Waals surface area (Å²) in [5.41, 5.74) is 2.09. The first-order chi connectivity index (χ1) is 9.34. The molecule has 5 heteroatoms. The Morgan fingerprint density at radius 3 is 1.84 bits per heavy atom. The summed E-state index contributed by atoms with van der Waals surface area (Å²) in [6, 6.07) is 20.2. The highest BCUT2D eigenvalue weighted by molar-refractivity contribution is 7.73. The molecular formula is C14H11N3S2. The van der Waals surface area contributed by atoms with Gasteiger partial charge >= 0.3 is 0 Å². The van der Waals surface area contributed by atoms with Crippen LogP contribution in [0.1, 0.15) is 0 Å². The van der Waals surface area contributed by atoms with Gasteiger partial charge in [0.15, 0.2) is 3.95 Å². The second kappa shape index (κ2) is 5.34. The quantitative estimate of drug-likeness (QED) is 0.710. The highest BCUT2D eigenvalue weighted by Gasteiger charge is 2.14. The first kappa shape index (κ1) is 12.1. The van der Waals surface area contributed by atoms with Crippen LogP contribution in [0.5, 0.6) is 0 Å². The van der Waals surface area contributed by atoms with E-state index in [1.54, 1.807) is 0 Å². The Kier molecular flexibility index (Phi) is 3.39. The lowest BCUT2D eigenvalue weighted by Gasteiger charge is -2.21. The number of hydrogen-bond donors (Lipinski definition) is 1. The lowest BCUT2D eigenvalue weighted by molar-refractivity contribution is 1.15. The van der Waals surface area contributed by atoms with Crippen LogP contribution in [0.2, 0.25) is 0 Å². The molecule has 19 heavy (non-hydrogen) atoms. The molecule has 3 nitrogen and oxygen atoms in total. The lowest BCUT2D eigenvalue weighted by Crippen LogP contribution is -2.11. The van der Waals surface area contributed by atoms with Crippen LogP contribution < -0.4 is 4.90 Å². The Morgan fingerprint density at radius 1 is 0.895 bits per heavy atom. The second-order valence-corrected chi connectivity index (χ2v) is 5.35. The monoisotopic (exact) mass is 285 g/mol. The second-order valence-electron chi connectivity index (χ2n) is 3.91. The van der Waals surface area contributed by atoms with Gasteiger partial charge in [-0.05, 0) is 48.0 Å². The van der Waals surface area contributed by atoms with Gasteiger partial charge in [-0.25, -0.2) is 0 Å². The molecule has 1 aromatic heterocycles. The van der Waals surface area contributed by atoms with Crippen molar-refractivity contribution < 1.29 is 0 Å². The van der Waals surface area contributed by atoms with Crippen molar-refractivity contribution in [2.75, 3.05) is 4.90 Å². The highest BCUT2D eigenvalue weighted by atomic mass is 32.2.